The predicted molar refractivity (Wildman–Crippen MR) is 139 cm³/mol. The molecular weight excluding hydrogens is 476 g/mol. The van der Waals surface area contributed by atoms with Crippen LogP contribution in [-0.2, 0) is 14.6 Å². The number of rotatable bonds is 6. The van der Waals surface area contributed by atoms with Crippen molar-refractivity contribution in [1.29, 1.82) is 0 Å². The molecule has 4 nitrogen and oxygen atoms in total. The summed E-state index contributed by atoms with van der Waals surface area (Å²) in [6.45, 7) is 3.88. The van der Waals surface area contributed by atoms with Crippen molar-refractivity contribution in [2.24, 2.45) is 0 Å². The zero-order chi connectivity index (χ0) is 24.6. The third kappa shape index (κ3) is 4.35. The van der Waals surface area contributed by atoms with E-state index in [1.807, 2.05) is 79.9 Å². The van der Waals surface area contributed by atoms with Crippen LogP contribution in [0.1, 0.15) is 37.8 Å². The molecule has 2 heterocycles. The highest BCUT2D eigenvalue weighted by atomic mass is 32.2. The number of hydrogen-bond acceptors (Lipinski definition) is 5. The Morgan fingerprint density at radius 1 is 0.800 bits per heavy atom. The molecule has 3 aromatic carbocycles. The maximum atomic E-state index is 14.2. The summed E-state index contributed by atoms with van der Waals surface area (Å²) in [5.74, 6) is -0.786. The number of ketones is 1. The van der Waals surface area contributed by atoms with Gasteiger partial charge in [-0.2, -0.15) is 0 Å². The van der Waals surface area contributed by atoms with Crippen LogP contribution in [0.25, 0.3) is 5.76 Å². The lowest BCUT2D eigenvalue weighted by Crippen LogP contribution is -2.28. The van der Waals surface area contributed by atoms with E-state index >= 15 is 0 Å². The Bertz CT molecular complexity index is 1480. The molecule has 2 atom stereocenters. The molecule has 0 amide bonds. The van der Waals surface area contributed by atoms with Crippen LogP contribution in [-0.4, -0.2) is 20.3 Å². The third-order valence-corrected chi connectivity index (χ3v) is 8.97. The lowest BCUT2D eigenvalue weighted by molar-refractivity contribution is 0.0759. The molecule has 4 aromatic rings. The van der Waals surface area contributed by atoms with Crippen molar-refractivity contribution < 1.29 is 17.9 Å². The first-order chi connectivity index (χ1) is 16.9. The first-order valence-electron chi connectivity index (χ1n) is 11.3. The van der Waals surface area contributed by atoms with Crippen molar-refractivity contribution in [3.8, 4) is 0 Å². The Morgan fingerprint density at radius 3 is 2.03 bits per heavy atom. The van der Waals surface area contributed by atoms with E-state index in [4.69, 9.17) is 4.74 Å². The van der Waals surface area contributed by atoms with E-state index in [9.17, 15) is 13.2 Å². The second-order valence-corrected chi connectivity index (χ2v) is 11.5. The van der Waals surface area contributed by atoms with Crippen LogP contribution >= 0.6 is 11.3 Å². The fourth-order valence-electron chi connectivity index (χ4n) is 4.33. The molecule has 0 aliphatic carbocycles. The standard InChI is InChI=1S/C29H24O4S2/c1-19-10-14-21(15-11-19)25-28(26(30)24-9-6-18-34-24)33-27(22-7-4-3-5-8-22)29(25)35(31,32)23-16-12-20(2)13-17-23/h3-18,25,28H,1-2H3/t25-,28+/m1/s1. The van der Waals surface area contributed by atoms with E-state index in [1.165, 1.54) is 11.3 Å². The first kappa shape index (κ1) is 23.3. The van der Waals surface area contributed by atoms with Gasteiger partial charge in [-0.3, -0.25) is 4.79 Å². The van der Waals surface area contributed by atoms with Crippen molar-refractivity contribution in [2.45, 2.75) is 30.8 Å². The second-order valence-electron chi connectivity index (χ2n) is 8.64. The fourth-order valence-corrected chi connectivity index (χ4v) is 6.77. The molecular formula is C29H24O4S2. The van der Waals surface area contributed by atoms with Crippen molar-refractivity contribution >= 4 is 32.7 Å². The van der Waals surface area contributed by atoms with Gasteiger partial charge in [-0.15, -0.1) is 11.3 Å². The van der Waals surface area contributed by atoms with E-state index in [2.05, 4.69) is 0 Å². The summed E-state index contributed by atoms with van der Waals surface area (Å²) >= 11 is 1.32. The minimum absolute atomic E-state index is 0.117. The predicted octanol–water partition coefficient (Wildman–Crippen LogP) is 6.57. The van der Waals surface area contributed by atoms with Gasteiger partial charge >= 0.3 is 0 Å². The van der Waals surface area contributed by atoms with Gasteiger partial charge in [-0.05, 0) is 43.0 Å². The first-order valence-corrected chi connectivity index (χ1v) is 13.6. The maximum Gasteiger partial charge on any atom is 0.214 e. The highest BCUT2D eigenvalue weighted by Crippen LogP contribution is 2.48. The molecule has 1 aromatic heterocycles. The Hall–Kier alpha value is -3.48. The molecule has 35 heavy (non-hydrogen) atoms. The van der Waals surface area contributed by atoms with Crippen LogP contribution in [0.4, 0.5) is 0 Å². The molecule has 0 saturated carbocycles. The van der Waals surface area contributed by atoms with Crippen molar-refractivity contribution in [3.63, 3.8) is 0 Å². The van der Waals surface area contributed by atoms with Gasteiger partial charge in [0.2, 0.25) is 15.6 Å². The Balaban J connectivity index is 1.76. The summed E-state index contributed by atoms with van der Waals surface area (Å²) < 4.78 is 34.7. The van der Waals surface area contributed by atoms with E-state index in [0.29, 0.717) is 10.4 Å². The molecule has 176 valence electrons. The number of carbonyl (C=O) groups excluding carboxylic acids is 1. The van der Waals surface area contributed by atoms with Crippen LogP contribution in [0.5, 0.6) is 0 Å². The van der Waals surface area contributed by atoms with Crippen molar-refractivity contribution in [3.05, 3.63) is 128 Å². The lowest BCUT2D eigenvalue weighted by Gasteiger charge is -2.20. The molecule has 0 N–H and O–H groups in total. The van der Waals surface area contributed by atoms with Crippen molar-refractivity contribution in [2.75, 3.05) is 0 Å². The lowest BCUT2D eigenvalue weighted by atomic mass is 9.90. The second kappa shape index (κ2) is 9.29. The third-order valence-electron chi connectivity index (χ3n) is 6.17. The van der Waals surface area contributed by atoms with Crippen LogP contribution in [0.3, 0.4) is 0 Å². The van der Waals surface area contributed by atoms with E-state index in [0.717, 1.165) is 16.7 Å². The van der Waals surface area contributed by atoms with Gasteiger partial charge in [0.25, 0.3) is 0 Å². The minimum atomic E-state index is -3.99. The number of carbonyl (C=O) groups is 1. The highest BCUT2D eigenvalue weighted by molar-refractivity contribution is 7.95. The summed E-state index contributed by atoms with van der Waals surface area (Å²) in [5, 5.41) is 1.83. The number of aryl methyl sites for hydroxylation is 2. The Kier molecular flexibility index (Phi) is 6.17. The van der Waals surface area contributed by atoms with E-state index in [-0.39, 0.29) is 21.3 Å². The number of Topliss-reactive ketones (excluding diaryl/α,β-unsaturated/α-hetero) is 1. The Morgan fingerprint density at radius 2 is 1.43 bits per heavy atom. The maximum absolute atomic E-state index is 14.2. The fraction of sp³-hybridized carbons (Fsp3) is 0.138. The molecule has 0 fully saturated rings. The molecule has 0 unspecified atom stereocenters. The van der Waals surface area contributed by atoms with Gasteiger partial charge in [0.05, 0.1) is 15.7 Å². The van der Waals surface area contributed by atoms with Gasteiger partial charge in [0, 0.05) is 5.56 Å². The van der Waals surface area contributed by atoms with Crippen LogP contribution in [0.2, 0.25) is 0 Å². The van der Waals surface area contributed by atoms with E-state index in [1.54, 1.807) is 30.3 Å². The highest BCUT2D eigenvalue weighted by Gasteiger charge is 2.48. The SMILES string of the molecule is Cc1ccc([C@H]2C(S(=O)(=O)c3ccc(C)cc3)=C(c3ccccc3)O[C@@H]2C(=O)c2cccs2)cc1. The molecule has 0 bridgehead atoms. The molecule has 0 spiro atoms. The smallest absolute Gasteiger partial charge is 0.214 e. The molecule has 6 heteroatoms. The van der Waals surface area contributed by atoms with Crippen LogP contribution in [0, 0.1) is 13.8 Å². The van der Waals surface area contributed by atoms with Crippen LogP contribution in [0.15, 0.2) is 106 Å². The minimum Gasteiger partial charge on any atom is -0.480 e. The van der Waals surface area contributed by atoms with Gasteiger partial charge in [0.15, 0.2) is 6.10 Å². The number of hydrogen-bond donors (Lipinski definition) is 0. The Labute approximate surface area is 209 Å². The summed E-state index contributed by atoms with van der Waals surface area (Å²) in [7, 11) is -3.99. The number of thiophene rings is 1. The average Bonchev–Trinajstić information content (AvgIpc) is 3.54. The summed E-state index contributed by atoms with van der Waals surface area (Å²) in [6.07, 6.45) is -0.998. The monoisotopic (exact) mass is 500 g/mol. The topological polar surface area (TPSA) is 60.4 Å². The molecule has 5 rings (SSSR count). The molecule has 1 aliphatic rings. The van der Waals surface area contributed by atoms with Gasteiger partial charge in [-0.1, -0.05) is 83.9 Å². The number of ether oxygens (including phenoxy) is 1. The molecule has 0 radical (unpaired) electrons. The van der Waals surface area contributed by atoms with Gasteiger partial charge in [-0.25, -0.2) is 8.42 Å². The summed E-state index contributed by atoms with van der Waals surface area (Å²) in [5.41, 5.74) is 3.35. The normalized spacial score (nSPS) is 17.9. The summed E-state index contributed by atoms with van der Waals surface area (Å²) in [6, 6.07) is 27.1. The zero-order valence-electron chi connectivity index (χ0n) is 19.3. The van der Waals surface area contributed by atoms with Gasteiger partial charge in [0.1, 0.15) is 10.7 Å². The van der Waals surface area contributed by atoms with Crippen LogP contribution < -0.4 is 0 Å². The van der Waals surface area contributed by atoms with Crippen molar-refractivity contribution in [1.82, 2.24) is 0 Å². The molecule has 1 aliphatic heterocycles. The summed E-state index contributed by atoms with van der Waals surface area (Å²) in [4.78, 5) is 14.5. The zero-order valence-corrected chi connectivity index (χ0v) is 21.0. The van der Waals surface area contributed by atoms with Gasteiger partial charge < -0.3 is 4.74 Å². The largest absolute Gasteiger partial charge is 0.480 e. The number of benzene rings is 3. The number of sulfone groups is 1. The molecule has 0 saturated heterocycles. The quantitative estimate of drug-likeness (QED) is 0.281. The average molecular weight is 501 g/mol. The van der Waals surface area contributed by atoms with E-state index < -0.39 is 21.9 Å².